The van der Waals surface area contributed by atoms with E-state index in [9.17, 15) is 4.79 Å². The fourth-order valence-corrected chi connectivity index (χ4v) is 1.62. The van der Waals surface area contributed by atoms with E-state index in [4.69, 9.17) is 11.6 Å². The molecule has 0 unspecified atom stereocenters. The van der Waals surface area contributed by atoms with Crippen molar-refractivity contribution in [1.29, 1.82) is 0 Å². The Bertz CT molecular complexity index is 496. The first-order valence-electron chi connectivity index (χ1n) is 4.94. The summed E-state index contributed by atoms with van der Waals surface area (Å²) >= 11 is 5.82. The second kappa shape index (κ2) is 4.90. The Morgan fingerprint density at radius 3 is 2.62 bits per heavy atom. The number of carbonyl (C=O) groups is 1. The van der Waals surface area contributed by atoms with Crippen LogP contribution in [0.15, 0.2) is 48.7 Å². The van der Waals surface area contributed by atoms with Crippen molar-refractivity contribution >= 4 is 17.4 Å². The Morgan fingerprint density at radius 1 is 1.19 bits per heavy atom. The van der Waals surface area contributed by atoms with Gasteiger partial charge in [0, 0.05) is 22.5 Å². The molecule has 0 fully saturated rings. The van der Waals surface area contributed by atoms with E-state index in [1.807, 2.05) is 18.2 Å². The lowest BCUT2D eigenvalue weighted by Crippen LogP contribution is -2.04. The molecular formula is C13H10ClNO. The van der Waals surface area contributed by atoms with Crippen molar-refractivity contribution in [2.75, 3.05) is 0 Å². The van der Waals surface area contributed by atoms with Gasteiger partial charge in [0.25, 0.3) is 0 Å². The lowest BCUT2D eigenvalue weighted by Gasteiger charge is -2.00. The van der Waals surface area contributed by atoms with Gasteiger partial charge in [-0.3, -0.25) is 9.78 Å². The highest BCUT2D eigenvalue weighted by molar-refractivity contribution is 6.30. The summed E-state index contributed by atoms with van der Waals surface area (Å²) in [6, 6.07) is 12.6. The Balaban J connectivity index is 2.14. The summed E-state index contributed by atoms with van der Waals surface area (Å²) in [5, 5.41) is 0.603. The number of carbonyl (C=O) groups excluding carboxylic acids is 1. The van der Waals surface area contributed by atoms with Crippen LogP contribution in [0.4, 0.5) is 0 Å². The highest BCUT2D eigenvalue weighted by atomic mass is 35.5. The number of hydrogen-bond donors (Lipinski definition) is 0. The minimum absolute atomic E-state index is 0.0513. The van der Waals surface area contributed by atoms with Crippen LogP contribution in [0.3, 0.4) is 0 Å². The average molecular weight is 232 g/mol. The molecule has 1 aromatic carbocycles. The zero-order valence-electron chi connectivity index (χ0n) is 8.56. The van der Waals surface area contributed by atoms with E-state index in [0.717, 1.165) is 0 Å². The molecular weight excluding hydrogens is 222 g/mol. The SMILES string of the molecule is O=C(Cc1cc(Cl)ccn1)c1ccccc1. The first-order chi connectivity index (χ1) is 7.75. The minimum atomic E-state index is 0.0513. The van der Waals surface area contributed by atoms with Gasteiger partial charge in [0.2, 0.25) is 0 Å². The van der Waals surface area contributed by atoms with Gasteiger partial charge in [-0.05, 0) is 12.1 Å². The molecule has 0 atom stereocenters. The van der Waals surface area contributed by atoms with Gasteiger partial charge in [-0.2, -0.15) is 0 Å². The van der Waals surface area contributed by atoms with Crippen molar-refractivity contribution < 1.29 is 4.79 Å². The van der Waals surface area contributed by atoms with E-state index in [2.05, 4.69) is 4.98 Å². The molecule has 1 heterocycles. The van der Waals surface area contributed by atoms with E-state index >= 15 is 0 Å². The molecule has 0 bridgehead atoms. The fourth-order valence-electron chi connectivity index (χ4n) is 1.44. The van der Waals surface area contributed by atoms with Crippen molar-refractivity contribution in [3.63, 3.8) is 0 Å². The van der Waals surface area contributed by atoms with Gasteiger partial charge in [0.1, 0.15) is 0 Å². The van der Waals surface area contributed by atoms with E-state index in [1.54, 1.807) is 30.5 Å². The van der Waals surface area contributed by atoms with Crippen LogP contribution in [-0.2, 0) is 6.42 Å². The van der Waals surface area contributed by atoms with Crippen LogP contribution in [0.25, 0.3) is 0 Å². The summed E-state index contributed by atoms with van der Waals surface area (Å²) in [7, 11) is 0. The van der Waals surface area contributed by atoms with Crippen molar-refractivity contribution in [2.45, 2.75) is 6.42 Å². The predicted octanol–water partition coefficient (Wildman–Crippen LogP) is 3.16. The van der Waals surface area contributed by atoms with Crippen molar-refractivity contribution in [3.05, 3.63) is 64.9 Å². The third kappa shape index (κ3) is 2.67. The number of rotatable bonds is 3. The van der Waals surface area contributed by atoms with Gasteiger partial charge in [-0.25, -0.2) is 0 Å². The van der Waals surface area contributed by atoms with Gasteiger partial charge in [0.15, 0.2) is 5.78 Å². The second-order valence-corrected chi connectivity index (χ2v) is 3.87. The van der Waals surface area contributed by atoms with E-state index in [-0.39, 0.29) is 12.2 Å². The molecule has 1 aromatic heterocycles. The van der Waals surface area contributed by atoms with Gasteiger partial charge >= 0.3 is 0 Å². The van der Waals surface area contributed by atoms with E-state index < -0.39 is 0 Å². The van der Waals surface area contributed by atoms with Gasteiger partial charge in [-0.1, -0.05) is 41.9 Å². The lowest BCUT2D eigenvalue weighted by atomic mass is 10.1. The minimum Gasteiger partial charge on any atom is -0.294 e. The molecule has 0 amide bonds. The summed E-state index contributed by atoms with van der Waals surface area (Å²) in [4.78, 5) is 15.9. The Morgan fingerprint density at radius 2 is 1.94 bits per heavy atom. The number of benzene rings is 1. The second-order valence-electron chi connectivity index (χ2n) is 3.43. The van der Waals surface area contributed by atoms with Crippen LogP contribution in [0.1, 0.15) is 16.1 Å². The summed E-state index contributed by atoms with van der Waals surface area (Å²) in [6.07, 6.45) is 1.89. The molecule has 80 valence electrons. The number of aromatic nitrogens is 1. The van der Waals surface area contributed by atoms with Crippen molar-refractivity contribution in [2.24, 2.45) is 0 Å². The normalized spacial score (nSPS) is 10.1. The molecule has 0 aliphatic rings. The Hall–Kier alpha value is -1.67. The van der Waals surface area contributed by atoms with Gasteiger partial charge in [0.05, 0.1) is 6.42 Å². The van der Waals surface area contributed by atoms with Crippen molar-refractivity contribution in [3.8, 4) is 0 Å². The predicted molar refractivity (Wildman–Crippen MR) is 63.7 cm³/mol. The lowest BCUT2D eigenvalue weighted by molar-refractivity contribution is 0.0992. The van der Waals surface area contributed by atoms with Crippen LogP contribution in [-0.4, -0.2) is 10.8 Å². The molecule has 0 aliphatic heterocycles. The molecule has 0 aliphatic carbocycles. The molecule has 3 heteroatoms. The smallest absolute Gasteiger partial charge is 0.168 e. The molecule has 2 rings (SSSR count). The molecule has 2 aromatic rings. The highest BCUT2D eigenvalue weighted by Crippen LogP contribution is 2.10. The maximum Gasteiger partial charge on any atom is 0.168 e. The van der Waals surface area contributed by atoms with Crippen LogP contribution in [0.5, 0.6) is 0 Å². The third-order valence-corrected chi connectivity index (χ3v) is 2.45. The Labute approximate surface area is 98.9 Å². The number of Topliss-reactive ketones (excluding diaryl/α,β-unsaturated/α-hetero) is 1. The maximum absolute atomic E-state index is 11.8. The largest absolute Gasteiger partial charge is 0.294 e. The summed E-state index contributed by atoms with van der Waals surface area (Å²) in [6.45, 7) is 0. The monoisotopic (exact) mass is 231 g/mol. The zero-order chi connectivity index (χ0) is 11.4. The number of nitrogens with zero attached hydrogens (tertiary/aromatic N) is 1. The molecule has 2 nitrogen and oxygen atoms in total. The molecule has 0 saturated carbocycles. The zero-order valence-corrected chi connectivity index (χ0v) is 9.32. The number of ketones is 1. The van der Waals surface area contributed by atoms with E-state index in [1.165, 1.54) is 0 Å². The topological polar surface area (TPSA) is 30.0 Å². The van der Waals surface area contributed by atoms with Gasteiger partial charge in [-0.15, -0.1) is 0 Å². The van der Waals surface area contributed by atoms with Gasteiger partial charge < -0.3 is 0 Å². The summed E-state index contributed by atoms with van der Waals surface area (Å²) in [5.41, 5.74) is 1.39. The summed E-state index contributed by atoms with van der Waals surface area (Å²) in [5.74, 6) is 0.0513. The number of halogens is 1. The molecule has 0 spiro atoms. The quantitative estimate of drug-likeness (QED) is 0.760. The standard InChI is InChI=1S/C13H10ClNO/c14-11-6-7-15-12(8-11)9-13(16)10-4-2-1-3-5-10/h1-8H,9H2. The molecule has 0 N–H and O–H groups in total. The number of hydrogen-bond acceptors (Lipinski definition) is 2. The molecule has 16 heavy (non-hydrogen) atoms. The van der Waals surface area contributed by atoms with Crippen LogP contribution >= 0.6 is 11.6 Å². The van der Waals surface area contributed by atoms with E-state index in [0.29, 0.717) is 16.3 Å². The highest BCUT2D eigenvalue weighted by Gasteiger charge is 2.07. The Kier molecular flexibility index (Phi) is 3.32. The molecule has 0 saturated heterocycles. The first kappa shape index (κ1) is 10.8. The maximum atomic E-state index is 11.8. The third-order valence-electron chi connectivity index (χ3n) is 2.22. The van der Waals surface area contributed by atoms with Crippen molar-refractivity contribution in [1.82, 2.24) is 4.98 Å². The summed E-state index contributed by atoms with van der Waals surface area (Å²) < 4.78 is 0. The number of pyridine rings is 1. The van der Waals surface area contributed by atoms with Crippen LogP contribution in [0, 0.1) is 0 Å². The average Bonchev–Trinajstić information content (AvgIpc) is 2.30. The fraction of sp³-hybridized carbons (Fsp3) is 0.0769. The molecule has 0 radical (unpaired) electrons. The van der Waals surface area contributed by atoms with Crippen LogP contribution < -0.4 is 0 Å². The van der Waals surface area contributed by atoms with Crippen LogP contribution in [0.2, 0.25) is 5.02 Å². The first-order valence-corrected chi connectivity index (χ1v) is 5.32.